The molecule has 0 aliphatic carbocycles. The number of nitrogens with zero attached hydrogens (tertiary/aromatic N) is 2. The zero-order chi connectivity index (χ0) is 20.9. The van der Waals surface area contributed by atoms with Gasteiger partial charge in [0.25, 0.3) is 10.0 Å². The van der Waals surface area contributed by atoms with Crippen LogP contribution in [-0.4, -0.2) is 46.0 Å². The predicted molar refractivity (Wildman–Crippen MR) is 112 cm³/mol. The van der Waals surface area contributed by atoms with Gasteiger partial charge in [0.2, 0.25) is 5.91 Å². The molecule has 0 aliphatic heterocycles. The topological polar surface area (TPSA) is 66.9 Å². The van der Waals surface area contributed by atoms with Crippen LogP contribution >= 0.6 is 11.6 Å². The number of amides is 1. The Morgan fingerprint density at radius 2 is 1.68 bits per heavy atom. The number of sulfonamides is 1. The highest BCUT2D eigenvalue weighted by atomic mass is 35.5. The van der Waals surface area contributed by atoms with E-state index in [9.17, 15) is 13.2 Å². The van der Waals surface area contributed by atoms with Crippen molar-refractivity contribution in [1.82, 2.24) is 4.90 Å². The number of hydrogen-bond donors (Lipinski definition) is 0. The Kier molecular flexibility index (Phi) is 7.32. The van der Waals surface area contributed by atoms with Crippen molar-refractivity contribution in [2.75, 3.05) is 31.0 Å². The number of carbonyl (C=O) groups excluding carboxylic acids is 1. The van der Waals surface area contributed by atoms with Gasteiger partial charge in [0.1, 0.15) is 17.2 Å². The van der Waals surface area contributed by atoms with Crippen molar-refractivity contribution in [2.45, 2.75) is 25.7 Å². The van der Waals surface area contributed by atoms with E-state index in [1.54, 1.807) is 54.3 Å². The zero-order valence-electron chi connectivity index (χ0n) is 16.5. The SMILES string of the molecule is CCN(CC)C(=O)CN(c1ccc(Cl)cc1)S(=O)(=O)c1cc(C)ccc1OC. The number of carbonyl (C=O) groups is 1. The summed E-state index contributed by atoms with van der Waals surface area (Å²) >= 11 is 5.95. The van der Waals surface area contributed by atoms with Crippen LogP contribution in [0.3, 0.4) is 0 Å². The van der Waals surface area contributed by atoms with Gasteiger partial charge in [0, 0.05) is 18.1 Å². The molecule has 1 amide bonds. The van der Waals surface area contributed by atoms with E-state index in [1.807, 2.05) is 13.8 Å². The summed E-state index contributed by atoms with van der Waals surface area (Å²) in [6.45, 7) is 6.18. The predicted octanol–water partition coefficient (Wildman–Crippen LogP) is 3.72. The lowest BCUT2D eigenvalue weighted by Crippen LogP contribution is -2.43. The van der Waals surface area contributed by atoms with Gasteiger partial charge < -0.3 is 9.64 Å². The van der Waals surface area contributed by atoms with E-state index in [0.29, 0.717) is 23.8 Å². The molecule has 0 bridgehead atoms. The molecule has 0 aliphatic rings. The number of hydrogen-bond acceptors (Lipinski definition) is 4. The van der Waals surface area contributed by atoms with Crippen LogP contribution in [0, 0.1) is 6.92 Å². The maximum Gasteiger partial charge on any atom is 0.268 e. The molecule has 0 heterocycles. The Balaban J connectivity index is 2.59. The molecule has 0 atom stereocenters. The van der Waals surface area contributed by atoms with Gasteiger partial charge in [0.15, 0.2) is 0 Å². The Hall–Kier alpha value is -2.25. The third kappa shape index (κ3) is 4.77. The van der Waals surface area contributed by atoms with Crippen LogP contribution in [0.5, 0.6) is 5.75 Å². The summed E-state index contributed by atoms with van der Waals surface area (Å²) in [5.74, 6) is -0.0602. The van der Waals surface area contributed by atoms with Crippen LogP contribution in [0.1, 0.15) is 19.4 Å². The first-order valence-corrected chi connectivity index (χ1v) is 10.8. The van der Waals surface area contributed by atoms with E-state index in [-0.39, 0.29) is 23.1 Å². The van der Waals surface area contributed by atoms with Crippen LogP contribution in [-0.2, 0) is 14.8 Å². The molecule has 6 nitrogen and oxygen atoms in total. The normalized spacial score (nSPS) is 11.2. The summed E-state index contributed by atoms with van der Waals surface area (Å²) in [6, 6.07) is 11.3. The minimum Gasteiger partial charge on any atom is -0.495 e. The van der Waals surface area contributed by atoms with Crippen molar-refractivity contribution in [1.29, 1.82) is 0 Å². The molecule has 2 rings (SSSR count). The minimum absolute atomic E-state index is 0.0114. The summed E-state index contributed by atoms with van der Waals surface area (Å²) < 4.78 is 33.4. The van der Waals surface area contributed by atoms with Gasteiger partial charge in [-0.15, -0.1) is 0 Å². The highest BCUT2D eigenvalue weighted by molar-refractivity contribution is 7.93. The largest absolute Gasteiger partial charge is 0.495 e. The fourth-order valence-electron chi connectivity index (χ4n) is 2.83. The molecule has 0 saturated carbocycles. The first-order valence-electron chi connectivity index (χ1n) is 8.95. The number of anilines is 1. The average Bonchev–Trinajstić information content (AvgIpc) is 2.67. The molecule has 0 aromatic heterocycles. The lowest BCUT2D eigenvalue weighted by atomic mass is 10.2. The summed E-state index contributed by atoms with van der Waals surface area (Å²) in [5.41, 5.74) is 1.12. The molecule has 2 aromatic carbocycles. The Labute approximate surface area is 171 Å². The molecule has 152 valence electrons. The quantitative estimate of drug-likeness (QED) is 0.647. The maximum atomic E-state index is 13.5. The van der Waals surface area contributed by atoms with Crippen molar-refractivity contribution in [2.24, 2.45) is 0 Å². The van der Waals surface area contributed by atoms with E-state index in [1.165, 1.54) is 7.11 Å². The first kappa shape index (κ1) is 22.0. The Bertz CT molecular complexity index is 926. The van der Waals surface area contributed by atoms with Crippen LogP contribution in [0.15, 0.2) is 47.4 Å². The van der Waals surface area contributed by atoms with Crippen LogP contribution < -0.4 is 9.04 Å². The number of ether oxygens (including phenoxy) is 1. The molecule has 2 aromatic rings. The minimum atomic E-state index is -4.06. The first-order chi connectivity index (χ1) is 13.2. The Morgan fingerprint density at radius 1 is 1.07 bits per heavy atom. The van der Waals surface area contributed by atoms with Gasteiger partial charge in [-0.2, -0.15) is 0 Å². The van der Waals surface area contributed by atoms with Crippen LogP contribution in [0.2, 0.25) is 5.02 Å². The molecule has 0 saturated heterocycles. The number of halogens is 1. The van der Waals surface area contributed by atoms with E-state index >= 15 is 0 Å². The monoisotopic (exact) mass is 424 g/mol. The lowest BCUT2D eigenvalue weighted by molar-refractivity contribution is -0.129. The standard InChI is InChI=1S/C20H25ClN2O4S/c1-5-22(6-2)20(24)14-23(17-10-8-16(21)9-11-17)28(25,26)19-13-15(3)7-12-18(19)27-4/h7-13H,5-6,14H2,1-4H3. The van der Waals surface area contributed by atoms with Gasteiger partial charge in [-0.05, 0) is 62.7 Å². The van der Waals surface area contributed by atoms with Gasteiger partial charge in [0.05, 0.1) is 12.8 Å². The summed E-state index contributed by atoms with van der Waals surface area (Å²) in [7, 11) is -2.65. The van der Waals surface area contributed by atoms with Crippen molar-refractivity contribution < 1.29 is 17.9 Å². The van der Waals surface area contributed by atoms with Crippen molar-refractivity contribution >= 4 is 33.2 Å². The molecular formula is C20H25ClN2O4S. The number of likely N-dealkylation sites (N-methyl/N-ethyl adjacent to an activating group) is 1. The fourth-order valence-corrected chi connectivity index (χ4v) is 4.61. The van der Waals surface area contributed by atoms with Gasteiger partial charge >= 0.3 is 0 Å². The van der Waals surface area contributed by atoms with Crippen molar-refractivity contribution in [3.05, 3.63) is 53.1 Å². The number of rotatable bonds is 8. The summed E-state index contributed by atoms with van der Waals surface area (Å²) in [4.78, 5) is 14.3. The molecule has 0 unspecified atom stereocenters. The molecule has 8 heteroatoms. The number of aryl methyl sites for hydroxylation is 1. The molecular weight excluding hydrogens is 400 g/mol. The van der Waals surface area contributed by atoms with Gasteiger partial charge in [-0.3, -0.25) is 9.10 Å². The summed E-state index contributed by atoms with van der Waals surface area (Å²) in [5, 5.41) is 0.476. The molecule has 0 spiro atoms. The fraction of sp³-hybridized carbons (Fsp3) is 0.350. The molecule has 0 N–H and O–H groups in total. The second-order valence-electron chi connectivity index (χ2n) is 6.21. The third-order valence-electron chi connectivity index (χ3n) is 4.40. The van der Waals surface area contributed by atoms with Crippen LogP contribution in [0.4, 0.5) is 5.69 Å². The average molecular weight is 425 g/mol. The van der Waals surface area contributed by atoms with E-state index in [2.05, 4.69) is 0 Å². The molecule has 0 radical (unpaired) electrons. The third-order valence-corrected chi connectivity index (χ3v) is 6.44. The van der Waals surface area contributed by atoms with Crippen molar-refractivity contribution in [3.63, 3.8) is 0 Å². The van der Waals surface area contributed by atoms with Gasteiger partial charge in [-0.25, -0.2) is 8.42 Å². The number of methoxy groups -OCH3 is 1. The van der Waals surface area contributed by atoms with E-state index < -0.39 is 10.0 Å². The highest BCUT2D eigenvalue weighted by Crippen LogP contribution is 2.31. The van der Waals surface area contributed by atoms with Crippen LogP contribution in [0.25, 0.3) is 0 Å². The van der Waals surface area contributed by atoms with E-state index in [0.717, 1.165) is 9.87 Å². The maximum absolute atomic E-state index is 13.5. The van der Waals surface area contributed by atoms with Crippen molar-refractivity contribution in [3.8, 4) is 5.75 Å². The van der Waals surface area contributed by atoms with Gasteiger partial charge in [-0.1, -0.05) is 17.7 Å². The zero-order valence-corrected chi connectivity index (χ0v) is 18.0. The summed E-state index contributed by atoms with van der Waals surface area (Å²) in [6.07, 6.45) is 0. The smallest absolute Gasteiger partial charge is 0.268 e. The molecule has 28 heavy (non-hydrogen) atoms. The highest BCUT2D eigenvalue weighted by Gasteiger charge is 2.31. The number of benzene rings is 2. The van der Waals surface area contributed by atoms with E-state index in [4.69, 9.17) is 16.3 Å². The molecule has 0 fully saturated rings. The second-order valence-corrected chi connectivity index (χ2v) is 8.48. The Morgan fingerprint density at radius 3 is 2.21 bits per heavy atom. The second kappa shape index (κ2) is 9.30. The lowest BCUT2D eigenvalue weighted by Gasteiger charge is -2.28.